The van der Waals surface area contributed by atoms with Crippen molar-refractivity contribution in [1.82, 2.24) is 9.88 Å². The molecule has 1 atom stereocenters. The number of aliphatic hydroxyl groups excluding tert-OH is 1. The highest BCUT2D eigenvalue weighted by Crippen LogP contribution is 2.23. The SMILES string of the molecule is CC(C)OC(=O)c1ccc2c(ccn2CCC(C)(C)NC[C@H](O)c2cccc(NS(=O)(=O)c3ccccc3)c2)c1.O=C(O)C(F)(F)F. The maximum Gasteiger partial charge on any atom is 0.490 e. The number of esters is 1. The number of halogens is 3. The largest absolute Gasteiger partial charge is 0.490 e. The molecule has 1 heterocycles. The van der Waals surface area contributed by atoms with Gasteiger partial charge in [0.15, 0.2) is 0 Å². The summed E-state index contributed by atoms with van der Waals surface area (Å²) < 4.78 is 67.1. The monoisotopic (exact) mass is 677 g/mol. The van der Waals surface area contributed by atoms with Gasteiger partial charge in [-0.3, -0.25) is 4.72 Å². The third-order valence-corrected chi connectivity index (χ3v) is 8.32. The van der Waals surface area contributed by atoms with Crippen LogP contribution in [0.2, 0.25) is 0 Å². The summed E-state index contributed by atoms with van der Waals surface area (Å²) in [5.74, 6) is -3.08. The number of carboxylic acids is 1. The fourth-order valence-electron chi connectivity index (χ4n) is 4.41. The van der Waals surface area contributed by atoms with Crippen molar-refractivity contribution in [3.05, 3.63) is 96.2 Å². The number of aromatic nitrogens is 1. The molecule has 3 aromatic carbocycles. The van der Waals surface area contributed by atoms with Crippen LogP contribution in [0.4, 0.5) is 18.9 Å². The number of hydrogen-bond acceptors (Lipinski definition) is 7. The van der Waals surface area contributed by atoms with E-state index in [1.165, 1.54) is 12.1 Å². The van der Waals surface area contributed by atoms with Gasteiger partial charge in [-0.1, -0.05) is 30.3 Å². The normalized spacial score (nSPS) is 12.7. The molecule has 0 unspecified atom stereocenters. The maximum absolute atomic E-state index is 12.7. The first-order valence-corrected chi connectivity index (χ1v) is 16.1. The number of β-amino-alcohol motifs (C(OH)–C–C–N with tert-alkyl or cyclic N) is 1. The van der Waals surface area contributed by atoms with Crippen molar-refractivity contribution >= 4 is 38.6 Å². The van der Waals surface area contributed by atoms with Gasteiger partial charge in [-0.05, 0) is 88.2 Å². The Balaban J connectivity index is 0.000000771. The minimum atomic E-state index is -5.08. The smallest absolute Gasteiger partial charge is 0.475 e. The van der Waals surface area contributed by atoms with E-state index in [1.807, 2.05) is 38.2 Å². The van der Waals surface area contributed by atoms with E-state index in [4.69, 9.17) is 14.6 Å². The van der Waals surface area contributed by atoms with E-state index < -0.39 is 28.3 Å². The predicted octanol–water partition coefficient (Wildman–Crippen LogP) is 6.13. The number of fused-ring (bicyclic) bond motifs is 1. The number of nitrogens with zero attached hydrogens (tertiary/aromatic N) is 1. The zero-order chi connectivity index (χ0) is 35.0. The van der Waals surface area contributed by atoms with Crippen LogP contribution in [0.25, 0.3) is 10.9 Å². The fraction of sp³-hybridized carbons (Fsp3) is 0.333. The number of nitrogens with one attached hydrogen (secondary N) is 2. The molecule has 0 aliphatic rings. The molecule has 1 aromatic heterocycles. The lowest BCUT2D eigenvalue weighted by atomic mass is 9.99. The zero-order valence-corrected chi connectivity index (χ0v) is 27.1. The van der Waals surface area contributed by atoms with Crippen LogP contribution in [0, 0.1) is 0 Å². The number of sulfonamides is 1. The van der Waals surface area contributed by atoms with Gasteiger partial charge in [-0.2, -0.15) is 13.2 Å². The first-order chi connectivity index (χ1) is 21.9. The van der Waals surface area contributed by atoms with Crippen LogP contribution in [0.3, 0.4) is 0 Å². The predicted molar refractivity (Wildman–Crippen MR) is 172 cm³/mol. The number of aliphatic hydroxyl groups is 1. The molecule has 4 rings (SSSR count). The molecule has 0 aliphatic carbocycles. The highest BCUT2D eigenvalue weighted by Gasteiger charge is 2.38. The van der Waals surface area contributed by atoms with Gasteiger partial charge in [0.1, 0.15) is 0 Å². The molecule has 0 aliphatic heterocycles. The number of ether oxygens (including phenoxy) is 1. The zero-order valence-electron chi connectivity index (χ0n) is 26.3. The second-order valence-corrected chi connectivity index (χ2v) is 13.3. The van der Waals surface area contributed by atoms with Gasteiger partial charge in [-0.25, -0.2) is 18.0 Å². The molecule has 254 valence electrons. The third kappa shape index (κ3) is 11.1. The molecule has 47 heavy (non-hydrogen) atoms. The van der Waals surface area contributed by atoms with Crippen molar-refractivity contribution in [2.24, 2.45) is 0 Å². The molecule has 0 saturated carbocycles. The first-order valence-electron chi connectivity index (χ1n) is 14.6. The van der Waals surface area contributed by atoms with Gasteiger partial charge in [0.05, 0.1) is 22.7 Å². The number of alkyl halides is 3. The first kappa shape index (κ1) is 37.1. The Kier molecular flexibility index (Phi) is 12.2. The standard InChI is InChI=1S/C31H37N3O5S.C2HF3O2/c1-22(2)39-30(36)25-13-14-28-23(19-25)15-17-34(28)18-16-31(3,4)32-21-29(35)24-9-8-10-26(20-24)33-40(37,38)27-11-6-5-7-12-27;3-2(4,5)1(6)7/h5-15,17,19-20,22,29,32-33,35H,16,18,21H2,1-4H3;(H,6,7)/t29-;/m0./s1. The number of rotatable bonds is 12. The third-order valence-electron chi connectivity index (χ3n) is 6.92. The summed E-state index contributed by atoms with van der Waals surface area (Å²) in [5.41, 5.74) is 2.28. The number of aliphatic carboxylic acids is 1. The van der Waals surface area contributed by atoms with E-state index in [2.05, 4.69) is 28.5 Å². The minimum Gasteiger partial charge on any atom is -0.475 e. The van der Waals surface area contributed by atoms with E-state index in [0.29, 0.717) is 23.4 Å². The van der Waals surface area contributed by atoms with Gasteiger partial charge in [0.2, 0.25) is 0 Å². The van der Waals surface area contributed by atoms with E-state index in [1.54, 1.807) is 48.5 Å². The molecule has 0 fully saturated rings. The Morgan fingerprint density at radius 1 is 0.957 bits per heavy atom. The number of hydrogen-bond donors (Lipinski definition) is 4. The number of benzene rings is 3. The van der Waals surface area contributed by atoms with Crippen LogP contribution in [0.1, 0.15) is 56.1 Å². The lowest BCUT2D eigenvalue weighted by Crippen LogP contribution is -2.42. The number of carboxylic acid groups (broad SMARTS) is 1. The highest BCUT2D eigenvalue weighted by molar-refractivity contribution is 7.92. The second kappa shape index (κ2) is 15.5. The summed E-state index contributed by atoms with van der Waals surface area (Å²) in [5, 5.41) is 22.4. The van der Waals surface area contributed by atoms with Crippen molar-refractivity contribution in [3.8, 4) is 0 Å². The Morgan fingerprint density at radius 2 is 1.62 bits per heavy atom. The molecule has 0 amide bonds. The fourth-order valence-corrected chi connectivity index (χ4v) is 5.48. The summed E-state index contributed by atoms with van der Waals surface area (Å²) in [6.45, 7) is 8.86. The number of anilines is 1. The quantitative estimate of drug-likeness (QED) is 0.131. The number of carbonyl (C=O) groups excluding carboxylic acids is 1. The molecule has 0 bridgehead atoms. The van der Waals surface area contributed by atoms with E-state index in [-0.39, 0.29) is 22.5 Å². The number of aryl methyl sites for hydroxylation is 1. The maximum atomic E-state index is 12.7. The minimum absolute atomic E-state index is 0.169. The average Bonchev–Trinajstić information content (AvgIpc) is 3.41. The summed E-state index contributed by atoms with van der Waals surface area (Å²) in [6.07, 6.45) is -3.28. The van der Waals surface area contributed by atoms with Crippen molar-refractivity contribution in [2.75, 3.05) is 11.3 Å². The lowest BCUT2D eigenvalue weighted by molar-refractivity contribution is -0.192. The Morgan fingerprint density at radius 3 is 2.23 bits per heavy atom. The van der Waals surface area contributed by atoms with Gasteiger partial charge >= 0.3 is 18.1 Å². The molecule has 0 radical (unpaired) electrons. The number of carbonyl (C=O) groups is 2. The summed E-state index contributed by atoms with van der Waals surface area (Å²) in [7, 11) is -3.72. The lowest BCUT2D eigenvalue weighted by Gasteiger charge is -2.28. The van der Waals surface area contributed by atoms with Gasteiger partial charge in [0.25, 0.3) is 10.0 Å². The molecule has 14 heteroatoms. The molecule has 0 spiro atoms. The van der Waals surface area contributed by atoms with Crippen LogP contribution in [-0.4, -0.2) is 59.5 Å². The van der Waals surface area contributed by atoms with Crippen molar-refractivity contribution in [1.29, 1.82) is 0 Å². The Bertz CT molecular complexity index is 1770. The van der Waals surface area contributed by atoms with Crippen molar-refractivity contribution < 1.29 is 46.1 Å². The molecular weight excluding hydrogens is 639 g/mol. The van der Waals surface area contributed by atoms with E-state index in [0.717, 1.165) is 23.9 Å². The van der Waals surface area contributed by atoms with E-state index >= 15 is 0 Å². The van der Waals surface area contributed by atoms with Crippen molar-refractivity contribution in [3.63, 3.8) is 0 Å². The van der Waals surface area contributed by atoms with Crippen LogP contribution in [-0.2, 0) is 26.1 Å². The molecule has 4 aromatic rings. The molecule has 10 nitrogen and oxygen atoms in total. The summed E-state index contributed by atoms with van der Waals surface area (Å²) in [6, 6.07) is 22.5. The highest BCUT2D eigenvalue weighted by atomic mass is 32.2. The topological polar surface area (TPSA) is 147 Å². The van der Waals surface area contributed by atoms with Crippen molar-refractivity contribution in [2.45, 2.75) is 69.5 Å². The summed E-state index contributed by atoms with van der Waals surface area (Å²) >= 11 is 0. The molecular formula is C33H38F3N3O7S. The second-order valence-electron chi connectivity index (χ2n) is 11.6. The van der Waals surface area contributed by atoms with Crippen LogP contribution in [0.5, 0.6) is 0 Å². The van der Waals surface area contributed by atoms with Crippen LogP contribution < -0.4 is 10.0 Å². The Labute approximate surface area is 271 Å². The van der Waals surface area contributed by atoms with Gasteiger partial charge in [0, 0.05) is 41.4 Å². The van der Waals surface area contributed by atoms with Gasteiger partial charge in [-0.15, -0.1) is 0 Å². The van der Waals surface area contributed by atoms with Gasteiger partial charge < -0.3 is 24.8 Å². The molecule has 4 N–H and O–H groups in total. The Hall–Kier alpha value is -4.40. The van der Waals surface area contributed by atoms with Crippen LogP contribution >= 0.6 is 0 Å². The molecule has 0 saturated heterocycles. The summed E-state index contributed by atoms with van der Waals surface area (Å²) in [4.78, 5) is 21.3. The average molecular weight is 678 g/mol. The van der Waals surface area contributed by atoms with E-state index in [9.17, 15) is 31.5 Å². The van der Waals surface area contributed by atoms with Crippen LogP contribution in [0.15, 0.2) is 90.0 Å².